The molecule has 0 saturated heterocycles. The third kappa shape index (κ3) is 3.26. The topological polar surface area (TPSA) is 60.9 Å². The Bertz CT molecular complexity index is 697. The minimum Gasteiger partial charge on any atom is -0.296 e. The Balaban J connectivity index is 1.73. The molecule has 0 unspecified atom stereocenters. The SMILES string of the molecule is Cc1ncsc1Cn1c(CC2CCC(F)(F)CC2)noc1=O. The van der Waals surface area contributed by atoms with Crippen LogP contribution in [0.4, 0.5) is 8.78 Å². The molecular weight excluding hydrogens is 312 g/mol. The van der Waals surface area contributed by atoms with Gasteiger partial charge in [0, 0.05) is 24.1 Å². The predicted molar refractivity (Wildman–Crippen MR) is 77.3 cm³/mol. The molecule has 22 heavy (non-hydrogen) atoms. The molecule has 2 heterocycles. The van der Waals surface area contributed by atoms with E-state index in [1.165, 1.54) is 15.9 Å². The minimum absolute atomic E-state index is 0.0896. The molecule has 1 aliphatic carbocycles. The molecule has 120 valence electrons. The highest BCUT2D eigenvalue weighted by Gasteiger charge is 2.35. The number of rotatable bonds is 4. The largest absolute Gasteiger partial charge is 0.441 e. The van der Waals surface area contributed by atoms with E-state index in [1.54, 1.807) is 5.51 Å². The van der Waals surface area contributed by atoms with Gasteiger partial charge in [0.2, 0.25) is 5.92 Å². The molecule has 1 aliphatic rings. The average molecular weight is 329 g/mol. The Morgan fingerprint density at radius 1 is 1.45 bits per heavy atom. The van der Waals surface area contributed by atoms with Gasteiger partial charge in [-0.25, -0.2) is 18.6 Å². The molecule has 2 aromatic heterocycles. The summed E-state index contributed by atoms with van der Waals surface area (Å²) in [5.74, 6) is -2.39. The van der Waals surface area contributed by atoms with E-state index in [0.29, 0.717) is 31.6 Å². The van der Waals surface area contributed by atoms with Gasteiger partial charge >= 0.3 is 5.76 Å². The van der Waals surface area contributed by atoms with Crippen LogP contribution in [0.3, 0.4) is 0 Å². The predicted octanol–water partition coefficient (Wildman–Crippen LogP) is 3.02. The normalized spacial score (nSPS) is 18.7. The van der Waals surface area contributed by atoms with E-state index in [1.807, 2.05) is 6.92 Å². The van der Waals surface area contributed by atoms with Gasteiger partial charge in [-0.1, -0.05) is 5.16 Å². The van der Waals surface area contributed by atoms with Gasteiger partial charge in [-0.15, -0.1) is 11.3 Å². The number of nitrogens with zero attached hydrogens (tertiary/aromatic N) is 3. The van der Waals surface area contributed by atoms with Gasteiger partial charge in [0.1, 0.15) is 0 Å². The second-order valence-electron chi connectivity index (χ2n) is 5.82. The smallest absolute Gasteiger partial charge is 0.296 e. The quantitative estimate of drug-likeness (QED) is 0.865. The van der Waals surface area contributed by atoms with Crippen LogP contribution in [-0.2, 0) is 13.0 Å². The van der Waals surface area contributed by atoms with Crippen molar-refractivity contribution >= 4 is 11.3 Å². The third-order valence-corrected chi connectivity index (χ3v) is 5.14. The zero-order chi connectivity index (χ0) is 15.7. The molecular formula is C14H17F2N3O2S. The highest BCUT2D eigenvalue weighted by atomic mass is 32.1. The van der Waals surface area contributed by atoms with Crippen molar-refractivity contribution in [1.82, 2.24) is 14.7 Å². The molecule has 3 rings (SSSR count). The summed E-state index contributed by atoms with van der Waals surface area (Å²) < 4.78 is 32.6. The fourth-order valence-corrected chi connectivity index (χ4v) is 3.55. The molecule has 5 nitrogen and oxygen atoms in total. The second kappa shape index (κ2) is 5.91. The first kappa shape index (κ1) is 15.3. The fourth-order valence-electron chi connectivity index (χ4n) is 2.78. The first-order valence-corrected chi connectivity index (χ1v) is 8.15. The number of hydrogen-bond donors (Lipinski definition) is 0. The molecule has 1 saturated carbocycles. The van der Waals surface area contributed by atoms with E-state index in [4.69, 9.17) is 4.52 Å². The highest BCUT2D eigenvalue weighted by Crippen LogP contribution is 2.37. The van der Waals surface area contributed by atoms with Gasteiger partial charge in [-0.3, -0.25) is 9.09 Å². The molecule has 1 fully saturated rings. The molecule has 0 spiro atoms. The van der Waals surface area contributed by atoms with Crippen LogP contribution in [0.1, 0.15) is 42.1 Å². The Kier molecular flexibility index (Phi) is 4.12. The van der Waals surface area contributed by atoms with E-state index in [0.717, 1.165) is 10.6 Å². The maximum absolute atomic E-state index is 13.2. The summed E-state index contributed by atoms with van der Waals surface area (Å²) in [5, 5.41) is 3.83. The number of aromatic nitrogens is 3. The summed E-state index contributed by atoms with van der Waals surface area (Å²) in [4.78, 5) is 17.0. The monoisotopic (exact) mass is 329 g/mol. The van der Waals surface area contributed by atoms with Crippen molar-refractivity contribution in [3.05, 3.63) is 32.5 Å². The average Bonchev–Trinajstić information content (AvgIpc) is 3.02. The molecule has 0 amide bonds. The molecule has 0 radical (unpaired) electrons. The summed E-state index contributed by atoms with van der Waals surface area (Å²) >= 11 is 1.47. The van der Waals surface area contributed by atoms with E-state index in [2.05, 4.69) is 10.1 Å². The maximum atomic E-state index is 13.2. The van der Waals surface area contributed by atoms with E-state index in [-0.39, 0.29) is 18.8 Å². The van der Waals surface area contributed by atoms with E-state index >= 15 is 0 Å². The van der Waals surface area contributed by atoms with Gasteiger partial charge in [0.15, 0.2) is 5.82 Å². The van der Waals surface area contributed by atoms with Crippen LogP contribution >= 0.6 is 11.3 Å². The Hall–Kier alpha value is -1.57. The van der Waals surface area contributed by atoms with Crippen LogP contribution in [0.25, 0.3) is 0 Å². The molecule has 0 aliphatic heterocycles. The summed E-state index contributed by atoms with van der Waals surface area (Å²) in [6.07, 6.45) is 1.22. The zero-order valence-corrected chi connectivity index (χ0v) is 13.0. The van der Waals surface area contributed by atoms with Crippen molar-refractivity contribution in [2.75, 3.05) is 0 Å². The van der Waals surface area contributed by atoms with Crippen molar-refractivity contribution in [3.63, 3.8) is 0 Å². The third-order valence-electron chi connectivity index (χ3n) is 4.22. The van der Waals surface area contributed by atoms with Crippen LogP contribution in [0.5, 0.6) is 0 Å². The number of hydrogen-bond acceptors (Lipinski definition) is 5. The lowest BCUT2D eigenvalue weighted by molar-refractivity contribution is -0.0459. The minimum atomic E-state index is -2.54. The zero-order valence-electron chi connectivity index (χ0n) is 12.2. The lowest BCUT2D eigenvalue weighted by atomic mass is 9.84. The summed E-state index contributed by atoms with van der Waals surface area (Å²) in [7, 11) is 0. The fraction of sp³-hybridized carbons (Fsp3) is 0.643. The Morgan fingerprint density at radius 2 is 2.18 bits per heavy atom. The van der Waals surface area contributed by atoms with E-state index in [9.17, 15) is 13.6 Å². The van der Waals surface area contributed by atoms with Crippen LogP contribution in [0.2, 0.25) is 0 Å². The van der Waals surface area contributed by atoms with Gasteiger partial charge < -0.3 is 0 Å². The van der Waals surface area contributed by atoms with Crippen molar-refractivity contribution in [2.24, 2.45) is 5.92 Å². The maximum Gasteiger partial charge on any atom is 0.441 e. The first-order chi connectivity index (χ1) is 10.4. The Labute approximate surface area is 130 Å². The molecule has 8 heteroatoms. The molecule has 2 aromatic rings. The lowest BCUT2D eigenvalue weighted by Gasteiger charge is -2.27. The van der Waals surface area contributed by atoms with Gasteiger partial charge in [0.25, 0.3) is 0 Å². The van der Waals surface area contributed by atoms with Crippen molar-refractivity contribution in [1.29, 1.82) is 0 Å². The van der Waals surface area contributed by atoms with E-state index < -0.39 is 11.7 Å². The number of halogens is 2. The molecule has 0 N–H and O–H groups in total. The number of thiazole rings is 1. The molecule has 0 bridgehead atoms. The Morgan fingerprint density at radius 3 is 2.82 bits per heavy atom. The standard InChI is InChI=1S/C14H17F2N3O2S/c1-9-11(22-8-17-9)7-19-12(18-21-13(19)20)6-10-2-4-14(15,16)5-3-10/h8,10H,2-7H2,1H3. The highest BCUT2D eigenvalue weighted by molar-refractivity contribution is 7.09. The lowest BCUT2D eigenvalue weighted by Crippen LogP contribution is -2.27. The van der Waals surface area contributed by atoms with Crippen LogP contribution < -0.4 is 5.76 Å². The van der Waals surface area contributed by atoms with Gasteiger partial charge in [0.05, 0.1) is 17.7 Å². The van der Waals surface area contributed by atoms with Crippen LogP contribution in [0.15, 0.2) is 14.8 Å². The first-order valence-electron chi connectivity index (χ1n) is 7.27. The van der Waals surface area contributed by atoms with Crippen molar-refractivity contribution < 1.29 is 13.3 Å². The number of alkyl halides is 2. The summed E-state index contributed by atoms with van der Waals surface area (Å²) in [6, 6.07) is 0. The van der Waals surface area contributed by atoms with Crippen molar-refractivity contribution in [2.45, 2.75) is 51.5 Å². The van der Waals surface area contributed by atoms with Crippen LogP contribution in [0, 0.1) is 12.8 Å². The molecule has 0 aromatic carbocycles. The van der Waals surface area contributed by atoms with Crippen LogP contribution in [-0.4, -0.2) is 20.6 Å². The molecule has 0 atom stereocenters. The summed E-state index contributed by atoms with van der Waals surface area (Å²) in [5.41, 5.74) is 2.60. The second-order valence-corrected chi connectivity index (χ2v) is 6.75. The summed E-state index contributed by atoms with van der Waals surface area (Å²) in [6.45, 7) is 2.25. The van der Waals surface area contributed by atoms with Crippen molar-refractivity contribution in [3.8, 4) is 0 Å². The number of aryl methyl sites for hydroxylation is 1. The van der Waals surface area contributed by atoms with Gasteiger partial charge in [-0.2, -0.15) is 0 Å². The van der Waals surface area contributed by atoms with Gasteiger partial charge in [-0.05, 0) is 25.7 Å².